The number of carbonyl (C=O) groups is 1. The summed E-state index contributed by atoms with van der Waals surface area (Å²) in [6.07, 6.45) is 1.05. The Morgan fingerprint density at radius 3 is 2.75 bits per heavy atom. The summed E-state index contributed by atoms with van der Waals surface area (Å²) in [7, 11) is -3.67. The van der Waals surface area contributed by atoms with Gasteiger partial charge in [0.1, 0.15) is 10.6 Å². The van der Waals surface area contributed by atoms with Crippen LogP contribution in [0.5, 0.6) is 5.75 Å². The number of esters is 1. The number of hydrogen-bond acceptors (Lipinski definition) is 5. The molecule has 1 N–H and O–H groups in total. The third kappa shape index (κ3) is 3.30. The number of ether oxygens (including phenoxy) is 1. The molecule has 0 bridgehead atoms. The molecule has 0 fully saturated rings. The Kier molecular flexibility index (Phi) is 4.35. The number of amidine groups is 1. The number of sulfonamides is 1. The van der Waals surface area contributed by atoms with Crippen LogP contribution in [0.3, 0.4) is 0 Å². The zero-order chi connectivity index (χ0) is 17.2. The topological polar surface area (TPSA) is 84.8 Å². The summed E-state index contributed by atoms with van der Waals surface area (Å²) in [6, 6.07) is 13.4. The minimum Gasteiger partial charge on any atom is -0.426 e. The van der Waals surface area contributed by atoms with Gasteiger partial charge in [0.25, 0.3) is 10.0 Å². The van der Waals surface area contributed by atoms with Crippen molar-refractivity contribution in [1.82, 2.24) is 0 Å². The lowest BCUT2D eigenvalue weighted by Crippen LogP contribution is -2.12. The molecule has 6 nitrogen and oxygen atoms in total. The second kappa shape index (κ2) is 6.45. The van der Waals surface area contributed by atoms with Crippen molar-refractivity contribution in [2.24, 2.45) is 4.40 Å². The molecule has 0 radical (unpaired) electrons. The molecule has 1 aliphatic rings. The molecule has 7 heteroatoms. The molecule has 0 aliphatic carbocycles. The van der Waals surface area contributed by atoms with E-state index in [1.165, 1.54) is 6.07 Å². The summed E-state index contributed by atoms with van der Waals surface area (Å²) >= 11 is 0. The monoisotopic (exact) mass is 344 g/mol. The highest BCUT2D eigenvalue weighted by molar-refractivity contribution is 7.90. The predicted molar refractivity (Wildman–Crippen MR) is 90.8 cm³/mol. The van der Waals surface area contributed by atoms with Crippen LogP contribution in [0, 0.1) is 0 Å². The van der Waals surface area contributed by atoms with Crippen LogP contribution >= 0.6 is 0 Å². The maximum atomic E-state index is 12.0. The number of fused-ring (bicyclic) bond motifs is 1. The highest BCUT2D eigenvalue weighted by Gasteiger charge is 2.28. The van der Waals surface area contributed by atoms with E-state index >= 15 is 0 Å². The number of nitrogens with zero attached hydrogens (tertiary/aromatic N) is 1. The number of rotatable bonds is 4. The summed E-state index contributed by atoms with van der Waals surface area (Å²) < 4.78 is 33.1. The quantitative estimate of drug-likeness (QED) is 0.681. The third-order valence-electron chi connectivity index (χ3n) is 3.41. The Bertz CT molecular complexity index is 920. The van der Waals surface area contributed by atoms with E-state index in [1.807, 2.05) is 6.92 Å². The normalized spacial score (nSPS) is 14.6. The number of carbonyl (C=O) groups excluding carboxylic acids is 1. The standard InChI is InChI=1S/C17H16N2O4S/c1-2-6-16(20)23-13-8-5-7-12(11-13)18-17-14-9-3-4-10-15(14)24(21,22)19-17/h3-5,7-11H,2,6H2,1H3,(H,18,19). The average molecular weight is 344 g/mol. The van der Waals surface area contributed by atoms with E-state index in [0.29, 0.717) is 29.8 Å². The first-order valence-electron chi connectivity index (χ1n) is 7.52. The van der Waals surface area contributed by atoms with Crippen LogP contribution in [0.2, 0.25) is 0 Å². The highest BCUT2D eigenvalue weighted by Crippen LogP contribution is 2.27. The van der Waals surface area contributed by atoms with Gasteiger partial charge in [0.2, 0.25) is 0 Å². The van der Waals surface area contributed by atoms with Crippen LogP contribution in [0.4, 0.5) is 5.69 Å². The van der Waals surface area contributed by atoms with Gasteiger partial charge in [-0.2, -0.15) is 8.42 Å². The molecule has 0 saturated carbocycles. The molecule has 2 aromatic carbocycles. The van der Waals surface area contributed by atoms with Crippen molar-refractivity contribution in [1.29, 1.82) is 0 Å². The first-order chi connectivity index (χ1) is 11.5. The molecular formula is C17H16N2O4S. The Labute approximate surface area is 140 Å². The molecule has 0 amide bonds. The minimum atomic E-state index is -3.67. The average Bonchev–Trinajstić information content (AvgIpc) is 2.79. The number of anilines is 1. The molecular weight excluding hydrogens is 328 g/mol. The van der Waals surface area contributed by atoms with Gasteiger partial charge in [-0.25, -0.2) is 0 Å². The summed E-state index contributed by atoms with van der Waals surface area (Å²) in [5.41, 5.74) is 1.10. The molecule has 0 atom stereocenters. The highest BCUT2D eigenvalue weighted by atomic mass is 32.2. The minimum absolute atomic E-state index is 0.179. The van der Waals surface area contributed by atoms with Crippen LogP contribution in [0.25, 0.3) is 0 Å². The van der Waals surface area contributed by atoms with Crippen LogP contribution in [0.1, 0.15) is 25.3 Å². The van der Waals surface area contributed by atoms with Crippen molar-refractivity contribution in [3.63, 3.8) is 0 Å². The Hall–Kier alpha value is -2.67. The van der Waals surface area contributed by atoms with E-state index in [-0.39, 0.29) is 16.7 Å². The molecule has 3 rings (SSSR count). The first kappa shape index (κ1) is 16.2. The molecule has 24 heavy (non-hydrogen) atoms. The fourth-order valence-corrected chi connectivity index (χ4v) is 3.53. The Morgan fingerprint density at radius 1 is 1.17 bits per heavy atom. The summed E-state index contributed by atoms with van der Waals surface area (Å²) in [6.45, 7) is 1.90. The van der Waals surface area contributed by atoms with E-state index in [1.54, 1.807) is 42.5 Å². The van der Waals surface area contributed by atoms with Gasteiger partial charge in [0.05, 0.1) is 0 Å². The SMILES string of the molecule is CCCC(=O)Oc1cccc(NC2=NS(=O)(=O)c3ccccc32)c1. The van der Waals surface area contributed by atoms with Crippen LogP contribution < -0.4 is 10.1 Å². The second-order valence-electron chi connectivity index (χ2n) is 5.29. The Morgan fingerprint density at radius 2 is 1.96 bits per heavy atom. The predicted octanol–water partition coefficient (Wildman–Crippen LogP) is 2.95. The lowest BCUT2D eigenvalue weighted by Gasteiger charge is -2.09. The lowest BCUT2D eigenvalue weighted by atomic mass is 10.2. The molecule has 2 aromatic rings. The van der Waals surface area contributed by atoms with Gasteiger partial charge >= 0.3 is 5.97 Å². The van der Waals surface area contributed by atoms with Gasteiger partial charge in [-0.15, -0.1) is 4.40 Å². The van der Waals surface area contributed by atoms with Crippen molar-refractivity contribution in [3.8, 4) is 5.75 Å². The van der Waals surface area contributed by atoms with Crippen molar-refractivity contribution in [3.05, 3.63) is 54.1 Å². The van der Waals surface area contributed by atoms with Crippen molar-refractivity contribution in [2.75, 3.05) is 5.32 Å². The number of nitrogens with one attached hydrogen (secondary N) is 1. The van der Waals surface area contributed by atoms with Gasteiger partial charge in [-0.3, -0.25) is 4.79 Å². The van der Waals surface area contributed by atoms with E-state index in [0.717, 1.165) is 0 Å². The molecule has 1 aliphatic heterocycles. The van der Waals surface area contributed by atoms with Crippen LogP contribution in [-0.4, -0.2) is 20.2 Å². The fraction of sp³-hybridized carbons (Fsp3) is 0.176. The van der Waals surface area contributed by atoms with Gasteiger partial charge in [-0.05, 0) is 30.7 Å². The molecule has 0 aromatic heterocycles. The van der Waals surface area contributed by atoms with E-state index in [2.05, 4.69) is 9.71 Å². The van der Waals surface area contributed by atoms with Crippen molar-refractivity contribution >= 4 is 27.5 Å². The molecule has 0 spiro atoms. The van der Waals surface area contributed by atoms with Crippen LogP contribution in [-0.2, 0) is 14.8 Å². The zero-order valence-electron chi connectivity index (χ0n) is 13.0. The van der Waals surface area contributed by atoms with Crippen molar-refractivity contribution < 1.29 is 17.9 Å². The summed E-state index contributed by atoms with van der Waals surface area (Å²) in [5.74, 6) is 0.344. The molecule has 1 heterocycles. The van der Waals surface area contributed by atoms with Gasteiger partial charge in [-0.1, -0.05) is 25.1 Å². The van der Waals surface area contributed by atoms with Gasteiger partial charge in [0, 0.05) is 23.7 Å². The maximum Gasteiger partial charge on any atom is 0.311 e. The summed E-state index contributed by atoms with van der Waals surface area (Å²) in [5, 5.41) is 2.98. The van der Waals surface area contributed by atoms with E-state index in [4.69, 9.17) is 4.74 Å². The molecule has 0 saturated heterocycles. The van der Waals surface area contributed by atoms with Crippen LogP contribution in [0.15, 0.2) is 57.8 Å². The largest absolute Gasteiger partial charge is 0.426 e. The number of benzene rings is 2. The first-order valence-corrected chi connectivity index (χ1v) is 8.96. The lowest BCUT2D eigenvalue weighted by molar-refractivity contribution is -0.134. The molecule has 0 unspecified atom stereocenters. The fourth-order valence-electron chi connectivity index (χ4n) is 2.36. The van der Waals surface area contributed by atoms with E-state index < -0.39 is 10.0 Å². The third-order valence-corrected chi connectivity index (χ3v) is 4.75. The van der Waals surface area contributed by atoms with Gasteiger partial charge < -0.3 is 10.1 Å². The second-order valence-corrected chi connectivity index (χ2v) is 6.86. The smallest absolute Gasteiger partial charge is 0.311 e. The zero-order valence-corrected chi connectivity index (χ0v) is 13.8. The summed E-state index contributed by atoms with van der Waals surface area (Å²) in [4.78, 5) is 11.8. The van der Waals surface area contributed by atoms with Gasteiger partial charge in [0.15, 0.2) is 5.84 Å². The van der Waals surface area contributed by atoms with E-state index in [9.17, 15) is 13.2 Å². The Balaban J connectivity index is 1.84. The van der Waals surface area contributed by atoms with Crippen molar-refractivity contribution in [2.45, 2.75) is 24.7 Å². The maximum absolute atomic E-state index is 12.0. The number of hydrogen-bond donors (Lipinski definition) is 1. The molecule has 124 valence electrons.